The van der Waals surface area contributed by atoms with Crippen molar-refractivity contribution in [2.75, 3.05) is 19.4 Å². The lowest BCUT2D eigenvalue weighted by atomic mass is 10.0. The maximum Gasteiger partial charge on any atom is 0.257 e. The van der Waals surface area contributed by atoms with E-state index in [0.717, 1.165) is 0 Å². The summed E-state index contributed by atoms with van der Waals surface area (Å²) in [6.45, 7) is 0.117. The fourth-order valence-electron chi connectivity index (χ4n) is 4.71. The van der Waals surface area contributed by atoms with Crippen molar-refractivity contribution in [3.05, 3.63) is 65.1 Å². The fraction of sp³-hybridized carbons (Fsp3) is 0.250. The molecule has 0 unspecified atom stereocenters. The number of hydrogen-bond donors (Lipinski definition) is 1. The van der Waals surface area contributed by atoms with Crippen molar-refractivity contribution in [3.63, 3.8) is 0 Å². The number of nitrogens with zero attached hydrogens (tertiary/aromatic N) is 5. The SMILES string of the molecule is CN(C(=O)c1cc2c(cc1F)nc(N)c1cncn12)[C@@H]1COc2cc([C@@H]3C[C@H]3C#N)c(F)cc21. The number of nitriles is 1. The number of carbonyl (C=O) groups excluding carboxylic acids is 1. The Labute approximate surface area is 192 Å². The average Bonchev–Trinajstić information content (AvgIpc) is 3.22. The molecular formula is C24H18F2N6O2. The van der Waals surface area contributed by atoms with Gasteiger partial charge in [-0.1, -0.05) is 0 Å². The highest BCUT2D eigenvalue weighted by Crippen LogP contribution is 2.50. The van der Waals surface area contributed by atoms with E-state index in [0.29, 0.717) is 39.8 Å². The van der Waals surface area contributed by atoms with Gasteiger partial charge in [-0.05, 0) is 30.2 Å². The Morgan fingerprint density at radius 2 is 2.06 bits per heavy atom. The second-order valence-electron chi connectivity index (χ2n) is 8.70. The van der Waals surface area contributed by atoms with Crippen molar-refractivity contribution >= 4 is 28.3 Å². The summed E-state index contributed by atoms with van der Waals surface area (Å²) in [5.74, 6) is -1.39. The van der Waals surface area contributed by atoms with E-state index < -0.39 is 23.6 Å². The van der Waals surface area contributed by atoms with Gasteiger partial charge in [0.1, 0.15) is 35.3 Å². The van der Waals surface area contributed by atoms with E-state index in [4.69, 9.17) is 15.7 Å². The van der Waals surface area contributed by atoms with Crippen molar-refractivity contribution in [1.82, 2.24) is 19.3 Å². The third-order valence-corrected chi connectivity index (χ3v) is 6.72. The van der Waals surface area contributed by atoms with Crippen LogP contribution in [-0.2, 0) is 0 Å². The van der Waals surface area contributed by atoms with Crippen LogP contribution in [-0.4, -0.2) is 38.8 Å². The van der Waals surface area contributed by atoms with E-state index in [1.165, 1.54) is 42.7 Å². The van der Waals surface area contributed by atoms with E-state index in [9.17, 15) is 13.6 Å². The summed E-state index contributed by atoms with van der Waals surface area (Å²) >= 11 is 0. The highest BCUT2D eigenvalue weighted by atomic mass is 19.1. The number of nitrogen functional groups attached to an aromatic ring is 1. The molecule has 8 nitrogen and oxygen atoms in total. The minimum Gasteiger partial charge on any atom is -0.491 e. The van der Waals surface area contributed by atoms with E-state index >= 15 is 0 Å². The molecule has 4 aromatic rings. The molecule has 1 fully saturated rings. The summed E-state index contributed by atoms with van der Waals surface area (Å²) in [6.07, 6.45) is 3.68. The number of benzene rings is 2. The molecular weight excluding hydrogens is 442 g/mol. The number of anilines is 1. The zero-order valence-corrected chi connectivity index (χ0v) is 18.0. The molecule has 34 heavy (non-hydrogen) atoms. The quantitative estimate of drug-likeness (QED) is 0.501. The van der Waals surface area contributed by atoms with E-state index in [-0.39, 0.29) is 29.8 Å². The minimum absolute atomic E-state index is 0.117. The van der Waals surface area contributed by atoms with Gasteiger partial charge in [0.25, 0.3) is 5.91 Å². The molecule has 3 atom stereocenters. The third kappa shape index (κ3) is 2.90. The topological polar surface area (TPSA) is 110 Å². The number of rotatable bonds is 3. The van der Waals surface area contributed by atoms with Gasteiger partial charge in [0.05, 0.1) is 47.1 Å². The molecule has 2 aromatic heterocycles. The Morgan fingerprint density at radius 3 is 2.82 bits per heavy atom. The standard InChI is InChI=1S/C24H18F2N6O2/c1-31(21-9-34-22-5-13(12-2-11(12)7-27)16(25)3-15(21)22)24(33)14-4-19-18(6-17(14)26)30-23(28)20-8-29-10-32(19)20/h3-6,8,10-12,21H,2,9H2,1H3,(H2,28,30)/t11-,12+,21+/m0/s1. The number of halogens is 2. The third-order valence-electron chi connectivity index (χ3n) is 6.72. The number of imidazole rings is 1. The van der Waals surface area contributed by atoms with Crippen molar-refractivity contribution < 1.29 is 18.3 Å². The van der Waals surface area contributed by atoms with Crippen molar-refractivity contribution in [2.45, 2.75) is 18.4 Å². The van der Waals surface area contributed by atoms with Crippen LogP contribution in [0, 0.1) is 28.9 Å². The molecule has 1 amide bonds. The van der Waals surface area contributed by atoms with Gasteiger partial charge in [-0.3, -0.25) is 9.20 Å². The Hall–Kier alpha value is -4.26. The molecule has 0 saturated heterocycles. The number of amides is 1. The number of nitrogens with two attached hydrogens (primary N) is 1. The molecule has 1 saturated carbocycles. The van der Waals surface area contributed by atoms with Gasteiger partial charge in [-0.25, -0.2) is 18.7 Å². The van der Waals surface area contributed by atoms with E-state index in [1.807, 2.05) is 0 Å². The lowest BCUT2D eigenvalue weighted by Gasteiger charge is -2.24. The summed E-state index contributed by atoms with van der Waals surface area (Å²) in [4.78, 5) is 22.9. The lowest BCUT2D eigenvalue weighted by molar-refractivity contribution is 0.0704. The predicted molar refractivity (Wildman–Crippen MR) is 118 cm³/mol. The molecule has 10 heteroatoms. The van der Waals surface area contributed by atoms with Crippen LogP contribution in [0.15, 0.2) is 36.8 Å². The van der Waals surface area contributed by atoms with Gasteiger partial charge in [-0.15, -0.1) is 0 Å². The minimum atomic E-state index is -0.743. The van der Waals surface area contributed by atoms with Crippen molar-refractivity contribution in [2.24, 2.45) is 5.92 Å². The summed E-state index contributed by atoms with van der Waals surface area (Å²) in [7, 11) is 1.53. The van der Waals surface area contributed by atoms with Gasteiger partial charge < -0.3 is 15.4 Å². The molecule has 3 heterocycles. The number of hydrogen-bond acceptors (Lipinski definition) is 6. The summed E-state index contributed by atoms with van der Waals surface area (Å²) < 4.78 is 37.2. The number of likely N-dealkylation sites (N-methyl/N-ethyl adjacent to an activating group) is 1. The fourth-order valence-corrected chi connectivity index (χ4v) is 4.71. The van der Waals surface area contributed by atoms with Crippen LogP contribution in [0.3, 0.4) is 0 Å². The predicted octanol–water partition coefficient (Wildman–Crippen LogP) is 3.58. The zero-order valence-electron chi connectivity index (χ0n) is 18.0. The molecule has 1 aliphatic heterocycles. The Balaban J connectivity index is 1.36. The molecule has 6 rings (SSSR count). The van der Waals surface area contributed by atoms with Crippen LogP contribution in [0.4, 0.5) is 14.6 Å². The van der Waals surface area contributed by atoms with E-state index in [2.05, 4.69) is 16.0 Å². The first-order valence-corrected chi connectivity index (χ1v) is 10.7. The lowest BCUT2D eigenvalue weighted by Crippen LogP contribution is -2.32. The highest BCUT2D eigenvalue weighted by molar-refractivity contribution is 5.98. The molecule has 2 aliphatic rings. The summed E-state index contributed by atoms with van der Waals surface area (Å²) in [6, 6.07) is 7.13. The molecule has 0 radical (unpaired) electrons. The number of carbonyl (C=O) groups is 1. The van der Waals surface area contributed by atoms with Gasteiger partial charge >= 0.3 is 0 Å². The van der Waals surface area contributed by atoms with Crippen LogP contribution < -0.4 is 10.5 Å². The molecule has 170 valence electrons. The second kappa shape index (κ2) is 7.12. The van der Waals surface area contributed by atoms with Gasteiger partial charge in [0, 0.05) is 24.6 Å². The zero-order chi connectivity index (χ0) is 23.7. The molecule has 1 aliphatic carbocycles. The molecule has 2 N–H and O–H groups in total. The normalized spacial score (nSPS) is 20.7. The van der Waals surface area contributed by atoms with Crippen LogP contribution >= 0.6 is 0 Å². The van der Waals surface area contributed by atoms with Crippen molar-refractivity contribution in [3.8, 4) is 11.8 Å². The largest absolute Gasteiger partial charge is 0.491 e. The monoisotopic (exact) mass is 460 g/mol. The Morgan fingerprint density at radius 1 is 1.24 bits per heavy atom. The second-order valence-corrected chi connectivity index (χ2v) is 8.70. The van der Waals surface area contributed by atoms with Crippen molar-refractivity contribution in [1.29, 1.82) is 5.26 Å². The van der Waals surface area contributed by atoms with E-state index in [1.54, 1.807) is 10.5 Å². The van der Waals surface area contributed by atoms with Gasteiger partial charge in [0.2, 0.25) is 0 Å². The Bertz CT molecular complexity index is 1560. The van der Waals surface area contributed by atoms with Crippen LogP contribution in [0.5, 0.6) is 5.75 Å². The van der Waals surface area contributed by atoms with Crippen LogP contribution in [0.2, 0.25) is 0 Å². The molecule has 2 aromatic carbocycles. The van der Waals surface area contributed by atoms with Gasteiger partial charge in [0.15, 0.2) is 0 Å². The Kier molecular flexibility index (Phi) is 4.26. The first kappa shape index (κ1) is 20.4. The number of aromatic nitrogens is 3. The highest BCUT2D eigenvalue weighted by Gasteiger charge is 2.42. The van der Waals surface area contributed by atoms with Crippen LogP contribution in [0.1, 0.15) is 39.9 Å². The summed E-state index contributed by atoms with van der Waals surface area (Å²) in [5.41, 5.74) is 8.05. The summed E-state index contributed by atoms with van der Waals surface area (Å²) in [5, 5.41) is 9.06. The van der Waals surface area contributed by atoms with Gasteiger partial charge in [-0.2, -0.15) is 5.26 Å². The number of fused-ring (bicyclic) bond motifs is 4. The van der Waals surface area contributed by atoms with Crippen LogP contribution in [0.25, 0.3) is 16.6 Å². The molecule has 0 bridgehead atoms. The smallest absolute Gasteiger partial charge is 0.257 e. The maximum absolute atomic E-state index is 15.0. The molecule has 0 spiro atoms. The first-order chi connectivity index (χ1) is 16.4. The average molecular weight is 460 g/mol. The number of ether oxygens (including phenoxy) is 1. The first-order valence-electron chi connectivity index (χ1n) is 10.7. The maximum atomic E-state index is 15.0.